The molecule has 1 amide bonds. The normalized spacial score (nSPS) is 18.9. The molecule has 1 saturated heterocycles. The molecule has 3 heterocycles. The Bertz CT molecular complexity index is 1540. The van der Waals surface area contributed by atoms with E-state index in [-0.39, 0.29) is 30.0 Å². The second-order valence-corrected chi connectivity index (χ2v) is 10.9. The Hall–Kier alpha value is -4.00. The summed E-state index contributed by atoms with van der Waals surface area (Å²) in [7, 11) is 4.63. The van der Waals surface area contributed by atoms with E-state index >= 15 is 4.39 Å². The number of hydrogen-bond acceptors (Lipinski definition) is 6. The lowest BCUT2D eigenvalue weighted by Gasteiger charge is -2.25. The molecule has 0 radical (unpaired) electrons. The predicted octanol–water partition coefficient (Wildman–Crippen LogP) is 4.73. The average molecular weight is 592 g/mol. The summed E-state index contributed by atoms with van der Waals surface area (Å²) >= 11 is 0. The number of aryl methyl sites for hydroxylation is 1. The van der Waals surface area contributed by atoms with Crippen molar-refractivity contribution in [1.29, 1.82) is 0 Å². The zero-order valence-corrected chi connectivity index (χ0v) is 23.2. The van der Waals surface area contributed by atoms with E-state index in [1.807, 2.05) is 0 Å². The minimum Gasteiger partial charge on any atom is -0.477 e. The molecule has 2 atom stereocenters. The van der Waals surface area contributed by atoms with Crippen LogP contribution in [0.15, 0.2) is 47.5 Å². The topological polar surface area (TPSA) is 79.7 Å². The van der Waals surface area contributed by atoms with Crippen molar-refractivity contribution in [2.24, 2.45) is 13.0 Å². The van der Waals surface area contributed by atoms with E-state index in [4.69, 9.17) is 4.74 Å². The van der Waals surface area contributed by atoms with E-state index in [1.54, 1.807) is 31.1 Å². The van der Waals surface area contributed by atoms with Crippen molar-refractivity contribution in [1.82, 2.24) is 14.5 Å². The second kappa shape index (κ2) is 11.3. The number of likely N-dealkylation sites (N-methyl/N-ethyl adjacent to an activating group) is 1. The molecule has 1 N–H and O–H groups in total. The number of anilines is 2. The standard InChI is InChI=1S/C29H30F5N5O3/c1-37(2)25-14-39(13-22(25)31)24-10-21(30)18(17-6-7-26(35-11-17)42-15-16-4-5-16)8-23(24)36-28(41)19-12-38(3)27(40)9-20(19)29(32,33)34/h6-12,16,22,25H,4-5,13-15H2,1-3H3,(H,36,41)/t22-,25-/m1/s1. The monoisotopic (exact) mass is 591 g/mol. The highest BCUT2D eigenvalue weighted by Crippen LogP contribution is 2.38. The smallest absolute Gasteiger partial charge is 0.417 e. The zero-order chi connectivity index (χ0) is 30.3. The van der Waals surface area contributed by atoms with Crippen molar-refractivity contribution in [3.05, 3.63) is 70.0 Å². The van der Waals surface area contributed by atoms with Crippen LogP contribution in [-0.4, -0.2) is 66.4 Å². The van der Waals surface area contributed by atoms with Crippen molar-refractivity contribution in [3.8, 4) is 17.0 Å². The van der Waals surface area contributed by atoms with Crippen molar-refractivity contribution < 1.29 is 31.5 Å². The van der Waals surface area contributed by atoms with Gasteiger partial charge in [0.25, 0.3) is 11.5 Å². The van der Waals surface area contributed by atoms with Gasteiger partial charge in [-0.1, -0.05) is 0 Å². The van der Waals surface area contributed by atoms with Crippen molar-refractivity contribution in [3.63, 3.8) is 0 Å². The molecule has 1 aromatic carbocycles. The molecule has 1 saturated carbocycles. The molecule has 3 aromatic rings. The van der Waals surface area contributed by atoms with Gasteiger partial charge in [-0.05, 0) is 51.1 Å². The molecule has 1 aliphatic carbocycles. The maximum atomic E-state index is 15.6. The number of aromatic nitrogens is 2. The Kier molecular flexibility index (Phi) is 7.97. The molecular weight excluding hydrogens is 561 g/mol. The van der Waals surface area contributed by atoms with Gasteiger partial charge in [0, 0.05) is 49.2 Å². The summed E-state index contributed by atoms with van der Waals surface area (Å²) in [5.74, 6) is -0.988. The third kappa shape index (κ3) is 6.25. The molecule has 0 unspecified atom stereocenters. The number of halogens is 5. The fourth-order valence-electron chi connectivity index (χ4n) is 4.92. The first kappa shape index (κ1) is 29.5. The highest BCUT2D eigenvalue weighted by Gasteiger charge is 2.38. The summed E-state index contributed by atoms with van der Waals surface area (Å²) in [6, 6.07) is 5.40. The van der Waals surface area contributed by atoms with Crippen LogP contribution < -0.4 is 20.5 Å². The van der Waals surface area contributed by atoms with Crippen molar-refractivity contribution in [2.45, 2.75) is 31.2 Å². The predicted molar refractivity (Wildman–Crippen MR) is 147 cm³/mol. The minimum atomic E-state index is -4.98. The average Bonchev–Trinajstić information content (AvgIpc) is 3.68. The van der Waals surface area contributed by atoms with Crippen LogP contribution >= 0.6 is 0 Å². The lowest BCUT2D eigenvalue weighted by Crippen LogP contribution is -2.36. The first-order valence-corrected chi connectivity index (χ1v) is 13.4. The number of ether oxygens (including phenoxy) is 1. The van der Waals surface area contributed by atoms with Gasteiger partial charge in [-0.2, -0.15) is 13.2 Å². The summed E-state index contributed by atoms with van der Waals surface area (Å²) < 4.78 is 78.2. The van der Waals surface area contributed by atoms with Gasteiger partial charge in [-0.15, -0.1) is 0 Å². The number of nitrogens with zero attached hydrogens (tertiary/aromatic N) is 4. The van der Waals surface area contributed by atoms with Gasteiger partial charge in [0.2, 0.25) is 5.88 Å². The molecular formula is C29H30F5N5O3. The summed E-state index contributed by atoms with van der Waals surface area (Å²) in [5, 5.41) is 2.47. The summed E-state index contributed by atoms with van der Waals surface area (Å²) in [6.07, 6.45) is -1.88. The Morgan fingerprint density at radius 1 is 1.17 bits per heavy atom. The summed E-state index contributed by atoms with van der Waals surface area (Å²) in [4.78, 5) is 32.7. The van der Waals surface area contributed by atoms with Crippen LogP contribution in [0.5, 0.6) is 5.88 Å². The van der Waals surface area contributed by atoms with E-state index in [1.165, 1.54) is 24.2 Å². The van der Waals surface area contributed by atoms with Gasteiger partial charge < -0.3 is 24.4 Å². The van der Waals surface area contributed by atoms with E-state index in [0.29, 0.717) is 30.0 Å². The first-order valence-electron chi connectivity index (χ1n) is 13.4. The van der Waals surface area contributed by atoms with Gasteiger partial charge in [0.1, 0.15) is 12.0 Å². The van der Waals surface area contributed by atoms with E-state index < -0.39 is 46.8 Å². The maximum absolute atomic E-state index is 15.6. The maximum Gasteiger partial charge on any atom is 0.417 e. The van der Waals surface area contributed by atoms with Crippen molar-refractivity contribution in [2.75, 3.05) is 44.0 Å². The molecule has 2 fully saturated rings. The van der Waals surface area contributed by atoms with E-state index in [2.05, 4.69) is 10.3 Å². The molecule has 2 aromatic heterocycles. The number of hydrogen-bond donors (Lipinski definition) is 1. The number of amides is 1. The zero-order valence-electron chi connectivity index (χ0n) is 23.2. The number of pyridine rings is 2. The quantitative estimate of drug-likeness (QED) is 0.382. The third-order valence-electron chi connectivity index (χ3n) is 7.55. The van der Waals surface area contributed by atoms with Gasteiger partial charge in [-0.3, -0.25) is 9.59 Å². The molecule has 1 aliphatic heterocycles. The Morgan fingerprint density at radius 2 is 1.90 bits per heavy atom. The lowest BCUT2D eigenvalue weighted by molar-refractivity contribution is -0.138. The van der Waals surface area contributed by atoms with Crippen LogP contribution in [0, 0.1) is 11.7 Å². The number of carbonyl (C=O) groups excluding carboxylic acids is 1. The molecule has 0 spiro atoms. The minimum absolute atomic E-state index is 0.0203. The molecule has 0 bridgehead atoms. The number of nitrogens with one attached hydrogen (secondary N) is 1. The van der Waals surface area contributed by atoms with Crippen molar-refractivity contribution >= 4 is 17.3 Å². The summed E-state index contributed by atoms with van der Waals surface area (Å²) in [6.45, 7) is 0.570. The van der Waals surface area contributed by atoms with Crippen LogP contribution in [0.4, 0.5) is 33.3 Å². The van der Waals surface area contributed by atoms with Crippen LogP contribution in [0.2, 0.25) is 0 Å². The van der Waals surface area contributed by atoms with Gasteiger partial charge in [-0.25, -0.2) is 13.8 Å². The Morgan fingerprint density at radius 3 is 2.50 bits per heavy atom. The van der Waals surface area contributed by atoms with Gasteiger partial charge >= 0.3 is 6.18 Å². The lowest BCUT2D eigenvalue weighted by atomic mass is 10.0. The molecule has 42 heavy (non-hydrogen) atoms. The number of alkyl halides is 4. The molecule has 5 rings (SSSR count). The largest absolute Gasteiger partial charge is 0.477 e. The molecule has 8 nitrogen and oxygen atoms in total. The van der Waals surface area contributed by atoms with Gasteiger partial charge in [0.15, 0.2) is 0 Å². The SMILES string of the molecule is CN(C)[C@@H]1CN(c2cc(F)c(-c3ccc(OCC4CC4)nc3)cc2NC(=O)c2cn(C)c(=O)cc2C(F)(F)F)C[C@H]1F. The van der Waals surface area contributed by atoms with Crippen LogP contribution in [-0.2, 0) is 13.2 Å². The molecule has 224 valence electrons. The van der Waals surface area contributed by atoms with E-state index in [0.717, 1.165) is 29.7 Å². The highest BCUT2D eigenvalue weighted by molar-refractivity contribution is 6.07. The molecule has 13 heteroatoms. The van der Waals surface area contributed by atoms with Crippen LogP contribution in [0.3, 0.4) is 0 Å². The van der Waals surface area contributed by atoms with Crippen LogP contribution in [0.25, 0.3) is 11.1 Å². The molecule has 2 aliphatic rings. The fraction of sp³-hybridized carbons (Fsp3) is 0.414. The Labute approximate surface area is 238 Å². The summed E-state index contributed by atoms with van der Waals surface area (Å²) in [5.41, 5.74) is -2.71. The highest BCUT2D eigenvalue weighted by atomic mass is 19.4. The number of benzene rings is 1. The van der Waals surface area contributed by atoms with Gasteiger partial charge in [0.05, 0.1) is 41.7 Å². The first-order chi connectivity index (χ1) is 19.8. The van der Waals surface area contributed by atoms with E-state index in [9.17, 15) is 27.2 Å². The third-order valence-corrected chi connectivity index (χ3v) is 7.55. The number of carbonyl (C=O) groups is 1. The number of rotatable bonds is 8. The second-order valence-electron chi connectivity index (χ2n) is 10.9. The van der Waals surface area contributed by atoms with Crippen LogP contribution in [0.1, 0.15) is 28.8 Å². The fourth-order valence-corrected chi connectivity index (χ4v) is 4.92. The Balaban J connectivity index is 1.53.